The molecule has 0 aliphatic heterocycles. The third-order valence-electron chi connectivity index (χ3n) is 8.25. The second-order valence-corrected chi connectivity index (χ2v) is 13.5. The van der Waals surface area contributed by atoms with Crippen molar-refractivity contribution >= 4 is 116 Å². The highest BCUT2D eigenvalue weighted by Gasteiger charge is 2.24. The molecule has 0 aliphatic rings. The van der Waals surface area contributed by atoms with Gasteiger partial charge in [0.25, 0.3) is 0 Å². The first-order chi connectivity index (χ1) is 19.8. The van der Waals surface area contributed by atoms with Gasteiger partial charge in [0.15, 0.2) is 0 Å². The van der Waals surface area contributed by atoms with Crippen molar-refractivity contribution in [3.8, 4) is 5.69 Å². The van der Waals surface area contributed by atoms with Crippen molar-refractivity contribution in [3.05, 3.63) is 109 Å². The van der Waals surface area contributed by atoms with Gasteiger partial charge in [0.2, 0.25) is 0 Å². The Hall–Kier alpha value is -4.29. The minimum Gasteiger partial charge on any atom is -0.308 e. The first-order valence-electron chi connectivity index (χ1n) is 13.3. The van der Waals surface area contributed by atoms with E-state index in [0.717, 1.165) is 4.83 Å². The molecule has 5 aromatic heterocycles. The molecular weight excluding hydrogens is 545 g/mol. The zero-order valence-electron chi connectivity index (χ0n) is 21.0. The number of thiophene rings is 3. The molecule has 5 heteroatoms. The van der Waals surface area contributed by atoms with Crippen LogP contribution in [0.5, 0.6) is 0 Å². The van der Waals surface area contributed by atoms with E-state index >= 15 is 0 Å². The van der Waals surface area contributed by atoms with Gasteiger partial charge in [-0.25, -0.2) is 4.98 Å². The monoisotopic (exact) mass is 562 g/mol. The van der Waals surface area contributed by atoms with Crippen molar-refractivity contribution < 1.29 is 0 Å². The Labute approximate surface area is 240 Å². The minimum atomic E-state index is 1.10. The van der Waals surface area contributed by atoms with Gasteiger partial charge in [-0.1, -0.05) is 54.6 Å². The van der Waals surface area contributed by atoms with Crippen LogP contribution in [0, 0.1) is 0 Å². The molecule has 0 aliphatic carbocycles. The summed E-state index contributed by atoms with van der Waals surface area (Å²) in [5.41, 5.74) is 3.73. The molecule has 0 spiro atoms. The van der Waals surface area contributed by atoms with E-state index in [0.29, 0.717) is 0 Å². The maximum Gasteiger partial charge on any atom is 0.124 e. The lowest BCUT2D eigenvalue weighted by molar-refractivity contribution is 1.19. The molecule has 0 fully saturated rings. The SMILES string of the molecule is c1ccc2c(c1)sc1ccc(-n3c4ccccc4c4c5sc6ccccc6c5c5sc6ncccc6c5c43)cc12. The van der Waals surface area contributed by atoms with E-state index in [1.54, 1.807) is 0 Å². The van der Waals surface area contributed by atoms with E-state index < -0.39 is 0 Å². The van der Waals surface area contributed by atoms with E-state index in [1.807, 2.05) is 40.2 Å². The molecule has 0 bridgehead atoms. The predicted molar refractivity (Wildman–Crippen MR) is 177 cm³/mol. The Morgan fingerprint density at radius 3 is 2.08 bits per heavy atom. The van der Waals surface area contributed by atoms with Crippen LogP contribution in [0.4, 0.5) is 0 Å². The van der Waals surface area contributed by atoms with Gasteiger partial charge in [-0.05, 0) is 48.5 Å². The molecule has 0 saturated heterocycles. The molecule has 0 radical (unpaired) electrons. The molecule has 0 unspecified atom stereocenters. The number of fused-ring (bicyclic) bond motifs is 15. The average molecular weight is 563 g/mol. The molecule has 10 rings (SSSR count). The summed E-state index contributed by atoms with van der Waals surface area (Å²) in [7, 11) is 0. The fraction of sp³-hybridized carbons (Fsp3) is 0. The second-order valence-electron chi connectivity index (χ2n) is 10.3. The highest BCUT2D eigenvalue weighted by atomic mass is 32.1. The number of nitrogens with zero attached hydrogens (tertiary/aromatic N) is 2. The third kappa shape index (κ3) is 2.65. The molecule has 186 valence electrons. The van der Waals surface area contributed by atoms with Crippen LogP contribution in [-0.2, 0) is 0 Å². The summed E-state index contributed by atoms with van der Waals surface area (Å²) in [5.74, 6) is 0. The van der Waals surface area contributed by atoms with Crippen molar-refractivity contribution in [1.82, 2.24) is 9.55 Å². The van der Waals surface area contributed by atoms with E-state index in [9.17, 15) is 0 Å². The summed E-state index contributed by atoms with van der Waals surface area (Å²) in [6.45, 7) is 0. The fourth-order valence-electron chi connectivity index (χ4n) is 6.62. The maximum absolute atomic E-state index is 4.83. The predicted octanol–water partition coefficient (Wildman–Crippen LogP) is 11.3. The lowest BCUT2D eigenvalue weighted by atomic mass is 10.0. The normalized spacial score (nSPS) is 12.5. The summed E-state index contributed by atoms with van der Waals surface area (Å²) < 4.78 is 9.21. The van der Waals surface area contributed by atoms with Crippen LogP contribution in [0.1, 0.15) is 0 Å². The standard InChI is InChI=1S/C35H18N2S3/c1-4-12-25-21(9-1)29-32(37(25)19-15-16-28-24(18-19)20-8-2-5-13-26(20)38-28)30-23-11-7-17-36-35(23)40-34(30)31-22-10-3-6-14-27(22)39-33(29)31/h1-18H. The van der Waals surface area contributed by atoms with E-state index in [1.165, 1.54) is 83.3 Å². The van der Waals surface area contributed by atoms with Crippen molar-refractivity contribution in [3.63, 3.8) is 0 Å². The molecular formula is C35H18N2S3. The van der Waals surface area contributed by atoms with Crippen LogP contribution >= 0.6 is 34.0 Å². The highest BCUT2D eigenvalue weighted by molar-refractivity contribution is 7.30. The van der Waals surface area contributed by atoms with E-state index in [-0.39, 0.29) is 0 Å². The summed E-state index contributed by atoms with van der Waals surface area (Å²) in [4.78, 5) is 5.93. The number of benzene rings is 5. The van der Waals surface area contributed by atoms with Crippen molar-refractivity contribution in [2.45, 2.75) is 0 Å². The number of rotatable bonds is 1. The zero-order chi connectivity index (χ0) is 25.9. The lowest BCUT2D eigenvalue weighted by Gasteiger charge is -2.10. The molecule has 5 heterocycles. The largest absolute Gasteiger partial charge is 0.308 e. The Balaban J connectivity index is 1.50. The van der Waals surface area contributed by atoms with Crippen LogP contribution in [0.25, 0.3) is 88.1 Å². The zero-order valence-corrected chi connectivity index (χ0v) is 23.5. The van der Waals surface area contributed by atoms with Gasteiger partial charge in [0.1, 0.15) is 4.83 Å². The average Bonchev–Trinajstić information content (AvgIpc) is 3.75. The van der Waals surface area contributed by atoms with E-state index in [4.69, 9.17) is 4.98 Å². The molecule has 10 aromatic rings. The molecule has 40 heavy (non-hydrogen) atoms. The van der Waals surface area contributed by atoms with Crippen LogP contribution in [0.15, 0.2) is 109 Å². The minimum absolute atomic E-state index is 1.10. The first-order valence-corrected chi connectivity index (χ1v) is 15.8. The smallest absolute Gasteiger partial charge is 0.124 e. The first kappa shape index (κ1) is 21.5. The Morgan fingerprint density at radius 1 is 0.500 bits per heavy atom. The maximum atomic E-state index is 4.83. The molecule has 2 nitrogen and oxygen atoms in total. The van der Waals surface area contributed by atoms with Gasteiger partial charge < -0.3 is 4.57 Å². The van der Waals surface area contributed by atoms with Gasteiger partial charge in [-0.3, -0.25) is 0 Å². The molecule has 0 amide bonds. The lowest BCUT2D eigenvalue weighted by Crippen LogP contribution is -1.94. The summed E-state index contributed by atoms with van der Waals surface area (Å²) in [6.07, 6.45) is 1.92. The Kier molecular flexibility index (Phi) is 4.13. The molecule has 5 aromatic carbocycles. The molecule has 0 N–H and O–H groups in total. The van der Waals surface area contributed by atoms with Gasteiger partial charge in [-0.15, -0.1) is 34.0 Å². The van der Waals surface area contributed by atoms with Crippen LogP contribution < -0.4 is 0 Å². The number of pyridine rings is 1. The Morgan fingerprint density at radius 2 is 1.18 bits per heavy atom. The Bertz CT molecular complexity index is 2630. The van der Waals surface area contributed by atoms with Crippen molar-refractivity contribution in [2.24, 2.45) is 0 Å². The number of para-hydroxylation sites is 1. The summed E-state index contributed by atoms with van der Waals surface area (Å²) in [5, 5.41) is 10.5. The summed E-state index contributed by atoms with van der Waals surface area (Å²) >= 11 is 5.62. The van der Waals surface area contributed by atoms with Gasteiger partial charge in [-0.2, -0.15) is 0 Å². The van der Waals surface area contributed by atoms with Crippen molar-refractivity contribution in [2.75, 3.05) is 0 Å². The molecule has 0 saturated carbocycles. The van der Waals surface area contributed by atoms with Crippen LogP contribution in [0.2, 0.25) is 0 Å². The number of hydrogen-bond donors (Lipinski definition) is 0. The van der Waals surface area contributed by atoms with Gasteiger partial charge in [0, 0.05) is 78.5 Å². The van der Waals surface area contributed by atoms with Gasteiger partial charge >= 0.3 is 0 Å². The third-order valence-corrected chi connectivity index (χ3v) is 11.7. The van der Waals surface area contributed by atoms with E-state index in [2.05, 4.69) is 108 Å². The van der Waals surface area contributed by atoms with Gasteiger partial charge in [0.05, 0.1) is 11.0 Å². The number of hydrogen-bond acceptors (Lipinski definition) is 4. The van der Waals surface area contributed by atoms with Crippen LogP contribution in [-0.4, -0.2) is 9.55 Å². The fourth-order valence-corrected chi connectivity index (χ4v) is 10.2. The van der Waals surface area contributed by atoms with Crippen molar-refractivity contribution in [1.29, 1.82) is 0 Å². The number of aromatic nitrogens is 2. The highest BCUT2D eigenvalue weighted by Crippen LogP contribution is 2.51. The summed E-state index contributed by atoms with van der Waals surface area (Å²) in [6, 6.07) is 37.9. The quantitative estimate of drug-likeness (QED) is 0.195. The molecule has 0 atom stereocenters. The van der Waals surface area contributed by atoms with Crippen LogP contribution in [0.3, 0.4) is 0 Å². The topological polar surface area (TPSA) is 17.8 Å². The second kappa shape index (κ2) is 7.67.